The van der Waals surface area contributed by atoms with Crippen molar-refractivity contribution in [2.24, 2.45) is 5.73 Å². The summed E-state index contributed by atoms with van der Waals surface area (Å²) in [7, 11) is 0. The average Bonchev–Trinajstić information content (AvgIpc) is 3.60. The first kappa shape index (κ1) is 29.0. The summed E-state index contributed by atoms with van der Waals surface area (Å²) in [5, 5.41) is 12.5. The summed E-state index contributed by atoms with van der Waals surface area (Å²) < 4.78 is 1.05. The molecule has 3 amide bonds. The third kappa shape index (κ3) is 7.57. The second kappa shape index (κ2) is 13.4. The number of rotatable bonds is 10. The zero-order valence-electron chi connectivity index (χ0n) is 21.8. The van der Waals surface area contributed by atoms with Crippen LogP contribution in [-0.4, -0.2) is 75.9 Å². The molecule has 2 aromatic rings. The molecule has 4 rings (SSSR count). The van der Waals surface area contributed by atoms with Gasteiger partial charge >= 0.3 is 5.97 Å². The number of aliphatic carboxylic acids is 1. The van der Waals surface area contributed by atoms with Crippen LogP contribution in [0, 0.1) is 3.57 Å². The first-order chi connectivity index (χ1) is 18.7. The fraction of sp³-hybridized carbons (Fsp3) is 0.448. The fourth-order valence-electron chi connectivity index (χ4n) is 5.50. The Morgan fingerprint density at radius 1 is 0.897 bits per heavy atom. The molecule has 0 aliphatic carbocycles. The molecule has 10 heteroatoms. The van der Waals surface area contributed by atoms with Crippen LogP contribution in [0.15, 0.2) is 54.6 Å². The molecule has 0 radical (unpaired) electrons. The Morgan fingerprint density at radius 3 is 2.18 bits per heavy atom. The van der Waals surface area contributed by atoms with Crippen molar-refractivity contribution < 1.29 is 24.3 Å². The lowest BCUT2D eigenvalue weighted by Crippen LogP contribution is -2.56. The van der Waals surface area contributed by atoms with E-state index in [1.165, 1.54) is 9.80 Å². The molecule has 4 atom stereocenters. The van der Waals surface area contributed by atoms with Crippen molar-refractivity contribution in [1.82, 2.24) is 15.1 Å². The molecule has 2 aliphatic heterocycles. The third-order valence-electron chi connectivity index (χ3n) is 7.42. The second-order valence-corrected chi connectivity index (χ2v) is 11.6. The Hall–Kier alpha value is -2.99. The van der Waals surface area contributed by atoms with E-state index in [2.05, 4.69) is 27.9 Å². The van der Waals surface area contributed by atoms with E-state index in [0.717, 1.165) is 14.7 Å². The smallest absolute Gasteiger partial charge is 0.326 e. The third-order valence-corrected chi connectivity index (χ3v) is 8.14. The summed E-state index contributed by atoms with van der Waals surface area (Å²) in [6.45, 7) is 0.754. The molecule has 2 aromatic carbocycles. The molecule has 0 spiro atoms. The molecule has 39 heavy (non-hydrogen) atoms. The highest BCUT2D eigenvalue weighted by molar-refractivity contribution is 14.1. The highest BCUT2D eigenvalue weighted by Crippen LogP contribution is 2.26. The summed E-state index contributed by atoms with van der Waals surface area (Å²) in [6.07, 6.45) is 3.01. The molecular formula is C29H35IN4O5. The number of nitrogens with one attached hydrogen (secondary N) is 1. The number of benzene rings is 2. The molecule has 2 fully saturated rings. The number of nitrogens with two attached hydrogens (primary N) is 1. The van der Waals surface area contributed by atoms with Crippen LogP contribution in [0.2, 0.25) is 0 Å². The number of carboxylic acids is 1. The minimum Gasteiger partial charge on any atom is -0.480 e. The Labute approximate surface area is 242 Å². The molecular weight excluding hydrogens is 611 g/mol. The average molecular weight is 647 g/mol. The van der Waals surface area contributed by atoms with Gasteiger partial charge in [0.15, 0.2) is 0 Å². The standard InChI is InChI=1S/C29H35IN4O5/c30-21-12-10-20(11-13-21)17-23(32-26(35)18-22(31)16-19-6-2-1-3-7-19)27(36)33-14-4-8-24(33)28(37)34-15-5-9-25(34)29(38)39/h1-3,6-7,10-13,22-25H,4-5,8-9,14-18,31H2,(H,32,35)(H,38,39)/t22-,23-,24-,25-/m0/s1. The Bertz CT molecular complexity index is 1180. The van der Waals surface area contributed by atoms with Gasteiger partial charge in [-0.3, -0.25) is 14.4 Å². The lowest BCUT2D eigenvalue weighted by molar-refractivity contribution is -0.152. The summed E-state index contributed by atoms with van der Waals surface area (Å²) in [5.74, 6) is -2.00. The van der Waals surface area contributed by atoms with Gasteiger partial charge in [0.2, 0.25) is 17.7 Å². The van der Waals surface area contributed by atoms with Gasteiger partial charge in [-0.2, -0.15) is 0 Å². The Morgan fingerprint density at radius 2 is 1.51 bits per heavy atom. The van der Waals surface area contributed by atoms with Gasteiger partial charge in [-0.15, -0.1) is 0 Å². The SMILES string of the molecule is N[C@H](CC(=O)N[C@@H](Cc1ccc(I)cc1)C(=O)N1CCC[C@H]1C(=O)N1CCC[C@H]1C(=O)O)Cc1ccccc1. The Balaban J connectivity index is 1.48. The number of hydrogen-bond donors (Lipinski definition) is 3. The van der Waals surface area contributed by atoms with Crippen LogP contribution in [0.25, 0.3) is 0 Å². The van der Waals surface area contributed by atoms with E-state index in [1.807, 2.05) is 54.6 Å². The van der Waals surface area contributed by atoms with Crippen LogP contribution in [0.4, 0.5) is 0 Å². The van der Waals surface area contributed by atoms with Crippen molar-refractivity contribution in [3.05, 3.63) is 69.3 Å². The van der Waals surface area contributed by atoms with Gasteiger partial charge < -0.3 is 26.0 Å². The summed E-state index contributed by atoms with van der Waals surface area (Å²) in [5.41, 5.74) is 8.18. The zero-order valence-corrected chi connectivity index (χ0v) is 24.0. The van der Waals surface area contributed by atoms with Crippen LogP contribution in [0.5, 0.6) is 0 Å². The van der Waals surface area contributed by atoms with E-state index < -0.39 is 30.1 Å². The first-order valence-electron chi connectivity index (χ1n) is 13.4. The topological polar surface area (TPSA) is 133 Å². The lowest BCUT2D eigenvalue weighted by Gasteiger charge is -2.32. The molecule has 208 valence electrons. The van der Waals surface area contributed by atoms with Gasteiger partial charge in [0.1, 0.15) is 18.1 Å². The van der Waals surface area contributed by atoms with Crippen molar-refractivity contribution in [2.45, 2.75) is 69.1 Å². The number of amides is 3. The Kier molecular flexibility index (Phi) is 9.95. The molecule has 9 nitrogen and oxygen atoms in total. The number of likely N-dealkylation sites (tertiary alicyclic amines) is 2. The number of hydrogen-bond acceptors (Lipinski definition) is 5. The van der Waals surface area contributed by atoms with Gasteiger partial charge in [0.05, 0.1) is 0 Å². The van der Waals surface area contributed by atoms with Crippen molar-refractivity contribution in [2.75, 3.05) is 13.1 Å². The quantitative estimate of drug-likeness (QED) is 0.340. The van der Waals surface area contributed by atoms with E-state index in [1.54, 1.807) is 0 Å². The molecule has 0 bridgehead atoms. The van der Waals surface area contributed by atoms with Crippen LogP contribution < -0.4 is 11.1 Å². The molecule has 0 aromatic heterocycles. The first-order valence-corrected chi connectivity index (χ1v) is 14.5. The maximum atomic E-state index is 13.9. The van der Waals surface area contributed by atoms with E-state index in [-0.39, 0.29) is 30.6 Å². The van der Waals surface area contributed by atoms with Crippen LogP contribution >= 0.6 is 22.6 Å². The number of halogens is 1. The highest BCUT2D eigenvalue weighted by atomic mass is 127. The summed E-state index contributed by atoms with van der Waals surface area (Å²) >= 11 is 2.21. The van der Waals surface area contributed by atoms with Crippen molar-refractivity contribution >= 4 is 46.3 Å². The lowest BCUT2D eigenvalue weighted by atomic mass is 10.0. The maximum Gasteiger partial charge on any atom is 0.326 e. The van der Waals surface area contributed by atoms with Crippen LogP contribution in [0.1, 0.15) is 43.2 Å². The van der Waals surface area contributed by atoms with Crippen LogP contribution in [0.3, 0.4) is 0 Å². The van der Waals surface area contributed by atoms with Gasteiger partial charge in [-0.25, -0.2) is 4.79 Å². The van der Waals surface area contributed by atoms with Gasteiger partial charge in [0, 0.05) is 35.5 Å². The van der Waals surface area contributed by atoms with Crippen molar-refractivity contribution in [3.63, 3.8) is 0 Å². The van der Waals surface area contributed by atoms with Gasteiger partial charge in [-0.05, 0) is 78.0 Å². The summed E-state index contributed by atoms with van der Waals surface area (Å²) in [4.78, 5) is 54.9. The monoisotopic (exact) mass is 646 g/mol. The molecule has 0 unspecified atom stereocenters. The zero-order chi connectivity index (χ0) is 27.9. The molecule has 2 heterocycles. The van der Waals surface area contributed by atoms with E-state index >= 15 is 0 Å². The molecule has 2 aliphatic rings. The highest BCUT2D eigenvalue weighted by Gasteiger charge is 2.43. The van der Waals surface area contributed by atoms with Crippen molar-refractivity contribution in [1.29, 1.82) is 0 Å². The van der Waals surface area contributed by atoms with E-state index in [0.29, 0.717) is 45.2 Å². The summed E-state index contributed by atoms with van der Waals surface area (Å²) in [6, 6.07) is 14.5. The number of carbonyl (C=O) groups excluding carboxylic acids is 3. The van der Waals surface area contributed by atoms with Gasteiger partial charge in [0.25, 0.3) is 0 Å². The minimum atomic E-state index is -1.02. The predicted molar refractivity (Wildman–Crippen MR) is 155 cm³/mol. The predicted octanol–water partition coefficient (Wildman–Crippen LogP) is 2.35. The normalized spacial score (nSPS) is 20.5. The minimum absolute atomic E-state index is 0.0573. The largest absolute Gasteiger partial charge is 0.480 e. The number of nitrogens with zero attached hydrogens (tertiary/aromatic N) is 2. The van der Waals surface area contributed by atoms with Gasteiger partial charge in [-0.1, -0.05) is 42.5 Å². The fourth-order valence-corrected chi connectivity index (χ4v) is 5.86. The van der Waals surface area contributed by atoms with Crippen molar-refractivity contribution in [3.8, 4) is 0 Å². The maximum absolute atomic E-state index is 13.9. The molecule has 2 saturated heterocycles. The molecule has 0 saturated carbocycles. The van der Waals surface area contributed by atoms with Crippen LogP contribution in [-0.2, 0) is 32.0 Å². The second-order valence-electron chi connectivity index (χ2n) is 10.3. The molecule has 4 N–H and O–H groups in total. The number of carbonyl (C=O) groups is 4. The number of carboxylic acid groups (broad SMARTS) is 1. The van der Waals surface area contributed by atoms with E-state index in [9.17, 15) is 24.3 Å². The van der Waals surface area contributed by atoms with E-state index in [4.69, 9.17) is 5.73 Å².